The maximum Gasteiger partial charge on any atom is 0.239 e. The van der Waals surface area contributed by atoms with E-state index in [-0.39, 0.29) is 5.91 Å². The van der Waals surface area contributed by atoms with Gasteiger partial charge in [-0.25, -0.2) is 0 Å². The predicted molar refractivity (Wildman–Crippen MR) is 89.2 cm³/mol. The van der Waals surface area contributed by atoms with Crippen LogP contribution in [0.2, 0.25) is 0 Å². The molecule has 1 fully saturated rings. The lowest BCUT2D eigenvalue weighted by atomic mass is 9.96. The fraction of sp³-hybridized carbons (Fsp3) is 0.647. The molecule has 1 aliphatic carbocycles. The Kier molecular flexibility index (Phi) is 4.80. The van der Waals surface area contributed by atoms with Crippen LogP contribution < -0.4 is 5.32 Å². The number of amides is 1. The summed E-state index contributed by atoms with van der Waals surface area (Å²) >= 11 is 1.60. The van der Waals surface area contributed by atoms with Crippen molar-refractivity contribution in [2.45, 2.75) is 57.9 Å². The molecule has 0 aromatic carbocycles. The predicted octanol–water partition coefficient (Wildman–Crippen LogP) is 3.31. The number of likely N-dealkylation sites (tertiary alicyclic amines) is 1. The van der Waals surface area contributed by atoms with Gasteiger partial charge in [-0.15, -0.1) is 11.3 Å². The summed E-state index contributed by atoms with van der Waals surface area (Å²) in [6.45, 7) is 3.63. The van der Waals surface area contributed by atoms with Gasteiger partial charge in [-0.2, -0.15) is 5.26 Å². The molecule has 22 heavy (non-hydrogen) atoms. The molecule has 2 aliphatic rings. The van der Waals surface area contributed by atoms with E-state index in [0.717, 1.165) is 30.8 Å². The number of rotatable bonds is 3. The molecule has 0 bridgehead atoms. The number of nitrogens with zero attached hydrogens (tertiary/aromatic N) is 2. The molecular weight excluding hydrogens is 294 g/mol. The maximum absolute atomic E-state index is 12.4. The van der Waals surface area contributed by atoms with E-state index in [0.29, 0.717) is 18.2 Å². The Morgan fingerprint density at radius 2 is 2.18 bits per heavy atom. The molecule has 2 heterocycles. The van der Waals surface area contributed by atoms with Crippen LogP contribution in [0.4, 0.5) is 5.00 Å². The van der Waals surface area contributed by atoms with Gasteiger partial charge >= 0.3 is 0 Å². The topological polar surface area (TPSA) is 56.1 Å². The Hall–Kier alpha value is -1.38. The van der Waals surface area contributed by atoms with Crippen molar-refractivity contribution in [1.82, 2.24) is 4.90 Å². The second-order valence-corrected chi connectivity index (χ2v) is 7.50. The van der Waals surface area contributed by atoms with Gasteiger partial charge in [0, 0.05) is 10.9 Å². The number of carbonyl (C=O) groups is 1. The highest BCUT2D eigenvalue weighted by atomic mass is 32.1. The van der Waals surface area contributed by atoms with E-state index < -0.39 is 0 Å². The zero-order chi connectivity index (χ0) is 15.5. The fourth-order valence-electron chi connectivity index (χ4n) is 3.52. The van der Waals surface area contributed by atoms with Crippen molar-refractivity contribution in [2.75, 3.05) is 18.4 Å². The number of piperidine rings is 1. The minimum atomic E-state index is 0.0175. The van der Waals surface area contributed by atoms with Crippen LogP contribution in [0.15, 0.2) is 0 Å². The highest BCUT2D eigenvalue weighted by molar-refractivity contribution is 7.16. The summed E-state index contributed by atoms with van der Waals surface area (Å²) in [7, 11) is 0. The van der Waals surface area contributed by atoms with Crippen LogP contribution in [-0.4, -0.2) is 29.9 Å². The summed E-state index contributed by atoms with van der Waals surface area (Å²) < 4.78 is 0. The molecule has 0 spiro atoms. The Morgan fingerprint density at radius 1 is 1.36 bits per heavy atom. The van der Waals surface area contributed by atoms with Crippen molar-refractivity contribution in [3.8, 4) is 6.07 Å². The van der Waals surface area contributed by atoms with Crippen molar-refractivity contribution >= 4 is 22.2 Å². The van der Waals surface area contributed by atoms with Crippen molar-refractivity contribution in [2.24, 2.45) is 0 Å². The Bertz CT molecular complexity index is 602. The Balaban J connectivity index is 1.69. The molecular formula is C17H23N3OS. The molecule has 1 atom stereocenters. The monoisotopic (exact) mass is 317 g/mol. The smallest absolute Gasteiger partial charge is 0.239 e. The SMILES string of the molecule is C[C@@H]1CCCCN1CC(=O)Nc1sc2c(c1C#N)CCCC2. The second kappa shape index (κ2) is 6.80. The third-order valence-corrected chi connectivity index (χ3v) is 6.03. The van der Waals surface area contributed by atoms with Gasteiger partial charge in [0.25, 0.3) is 0 Å². The lowest BCUT2D eigenvalue weighted by Gasteiger charge is -2.32. The van der Waals surface area contributed by atoms with E-state index in [1.807, 2.05) is 0 Å². The lowest BCUT2D eigenvalue weighted by molar-refractivity contribution is -0.118. The van der Waals surface area contributed by atoms with Crippen molar-refractivity contribution < 1.29 is 4.79 Å². The summed E-state index contributed by atoms with van der Waals surface area (Å²) in [5.41, 5.74) is 1.89. The third-order valence-electron chi connectivity index (χ3n) is 4.82. The number of anilines is 1. The van der Waals surface area contributed by atoms with Crippen LogP contribution >= 0.6 is 11.3 Å². The van der Waals surface area contributed by atoms with Crippen LogP contribution in [0.3, 0.4) is 0 Å². The zero-order valence-corrected chi connectivity index (χ0v) is 14.0. The third kappa shape index (κ3) is 3.18. The molecule has 118 valence electrons. The quantitative estimate of drug-likeness (QED) is 0.930. The molecule has 5 heteroatoms. The average molecular weight is 317 g/mol. The van der Waals surface area contributed by atoms with E-state index in [2.05, 4.69) is 23.2 Å². The first-order valence-electron chi connectivity index (χ1n) is 8.27. The molecule has 1 aliphatic heterocycles. The molecule has 1 amide bonds. The number of nitrogens with one attached hydrogen (secondary N) is 1. The van der Waals surface area contributed by atoms with Crippen molar-refractivity contribution in [3.05, 3.63) is 16.0 Å². The van der Waals surface area contributed by atoms with E-state index in [4.69, 9.17) is 0 Å². The van der Waals surface area contributed by atoms with E-state index in [1.165, 1.54) is 36.1 Å². The number of aryl methyl sites for hydroxylation is 1. The van der Waals surface area contributed by atoms with Gasteiger partial charge in [0.15, 0.2) is 0 Å². The van der Waals surface area contributed by atoms with Gasteiger partial charge < -0.3 is 5.32 Å². The summed E-state index contributed by atoms with van der Waals surface area (Å²) in [6, 6.07) is 2.78. The molecule has 0 unspecified atom stereocenters. The normalized spacial score (nSPS) is 21.9. The zero-order valence-electron chi connectivity index (χ0n) is 13.2. The van der Waals surface area contributed by atoms with Gasteiger partial charge in [-0.05, 0) is 57.6 Å². The standard InChI is InChI=1S/C17H23N3OS/c1-12-6-4-5-9-20(12)11-16(21)19-17-14(10-18)13-7-2-3-8-15(13)22-17/h12H,2-9,11H2,1H3,(H,19,21)/t12-/m1/s1. The van der Waals surface area contributed by atoms with Crippen LogP contribution in [0.5, 0.6) is 0 Å². The largest absolute Gasteiger partial charge is 0.315 e. The van der Waals surface area contributed by atoms with Gasteiger partial charge in [0.2, 0.25) is 5.91 Å². The summed E-state index contributed by atoms with van der Waals surface area (Å²) in [5, 5.41) is 13.2. The number of nitriles is 1. The highest BCUT2D eigenvalue weighted by Crippen LogP contribution is 2.37. The molecule has 3 rings (SSSR count). The number of thiophene rings is 1. The summed E-state index contributed by atoms with van der Waals surface area (Å²) in [6.07, 6.45) is 7.98. The van der Waals surface area contributed by atoms with Crippen molar-refractivity contribution in [1.29, 1.82) is 5.26 Å². The molecule has 1 aromatic rings. The molecule has 0 radical (unpaired) electrons. The van der Waals surface area contributed by atoms with Crippen LogP contribution in [0.25, 0.3) is 0 Å². The van der Waals surface area contributed by atoms with E-state index in [9.17, 15) is 10.1 Å². The number of hydrogen-bond acceptors (Lipinski definition) is 4. The average Bonchev–Trinajstić information content (AvgIpc) is 2.86. The molecule has 1 N–H and O–H groups in total. The molecule has 1 saturated heterocycles. The number of carbonyl (C=O) groups excluding carboxylic acids is 1. The molecule has 0 saturated carbocycles. The Labute approximate surface area is 136 Å². The van der Waals surface area contributed by atoms with Gasteiger partial charge in [-0.3, -0.25) is 9.69 Å². The summed E-state index contributed by atoms with van der Waals surface area (Å²) in [5.74, 6) is 0.0175. The minimum absolute atomic E-state index is 0.0175. The van der Waals surface area contributed by atoms with Crippen LogP contribution in [0, 0.1) is 11.3 Å². The maximum atomic E-state index is 12.4. The first-order valence-corrected chi connectivity index (χ1v) is 9.09. The van der Waals surface area contributed by atoms with E-state index in [1.54, 1.807) is 11.3 Å². The highest BCUT2D eigenvalue weighted by Gasteiger charge is 2.24. The molecule has 1 aromatic heterocycles. The first kappa shape index (κ1) is 15.5. The lowest BCUT2D eigenvalue weighted by Crippen LogP contribution is -2.42. The van der Waals surface area contributed by atoms with Crippen molar-refractivity contribution in [3.63, 3.8) is 0 Å². The molecule has 4 nitrogen and oxygen atoms in total. The summed E-state index contributed by atoms with van der Waals surface area (Å²) in [4.78, 5) is 15.9. The Morgan fingerprint density at radius 3 is 2.95 bits per heavy atom. The first-order chi connectivity index (χ1) is 10.7. The minimum Gasteiger partial charge on any atom is -0.315 e. The van der Waals surface area contributed by atoms with Crippen LogP contribution in [-0.2, 0) is 17.6 Å². The van der Waals surface area contributed by atoms with Crippen LogP contribution in [0.1, 0.15) is 55.0 Å². The van der Waals surface area contributed by atoms with Gasteiger partial charge in [0.05, 0.1) is 12.1 Å². The number of fused-ring (bicyclic) bond motifs is 1. The fourth-order valence-corrected chi connectivity index (χ4v) is 4.77. The van der Waals surface area contributed by atoms with Gasteiger partial charge in [-0.1, -0.05) is 6.42 Å². The number of hydrogen-bond donors (Lipinski definition) is 1. The van der Waals surface area contributed by atoms with Gasteiger partial charge in [0.1, 0.15) is 11.1 Å². The second-order valence-electron chi connectivity index (χ2n) is 6.39. The van der Waals surface area contributed by atoms with E-state index >= 15 is 0 Å².